The maximum atomic E-state index is 14.6. The molecule has 9 nitrogen and oxygen atoms in total. The van der Waals surface area contributed by atoms with Crippen LogP contribution >= 0.6 is 0 Å². The standard InChI is InChI=1S/C12H16FN5O4/c1-2-11(4-19)8(20)7(13)12(21,22-11)6-3-15-10-9(14)16-5-17-18(6)10/h3,5,7-8,19-21H,2,4H2,1H3,(H2,14,16,17)/t7-,8+,11-,12+/m1/s1. The summed E-state index contributed by atoms with van der Waals surface area (Å²) in [7, 11) is 0. The molecule has 0 saturated carbocycles. The highest BCUT2D eigenvalue weighted by atomic mass is 19.1. The molecule has 0 aromatic carbocycles. The molecule has 22 heavy (non-hydrogen) atoms. The summed E-state index contributed by atoms with van der Waals surface area (Å²) in [5.41, 5.74) is 4.00. The van der Waals surface area contributed by atoms with Crippen LogP contribution in [-0.4, -0.2) is 59.4 Å². The Morgan fingerprint density at radius 1 is 1.50 bits per heavy atom. The van der Waals surface area contributed by atoms with Gasteiger partial charge in [0, 0.05) is 0 Å². The maximum absolute atomic E-state index is 14.6. The Hall–Kier alpha value is -1.88. The zero-order valence-corrected chi connectivity index (χ0v) is 11.7. The van der Waals surface area contributed by atoms with Gasteiger partial charge in [-0.15, -0.1) is 0 Å². The first-order chi connectivity index (χ1) is 10.4. The first-order valence-corrected chi connectivity index (χ1v) is 6.70. The predicted molar refractivity (Wildman–Crippen MR) is 71.2 cm³/mol. The summed E-state index contributed by atoms with van der Waals surface area (Å²) in [6, 6.07) is 0. The van der Waals surface area contributed by atoms with Crippen LogP contribution in [0.5, 0.6) is 0 Å². The van der Waals surface area contributed by atoms with Crippen molar-refractivity contribution in [2.75, 3.05) is 12.3 Å². The van der Waals surface area contributed by atoms with Gasteiger partial charge in [-0.25, -0.2) is 18.9 Å². The number of nitrogen functional groups attached to an aromatic ring is 1. The molecule has 120 valence electrons. The quantitative estimate of drug-likeness (QED) is 0.549. The number of aliphatic hydroxyl groups excluding tert-OH is 2. The molecule has 0 spiro atoms. The molecule has 2 aromatic rings. The van der Waals surface area contributed by atoms with Crippen LogP contribution < -0.4 is 5.73 Å². The summed E-state index contributed by atoms with van der Waals surface area (Å²) >= 11 is 0. The zero-order chi connectivity index (χ0) is 16.1. The average molecular weight is 313 g/mol. The first-order valence-electron chi connectivity index (χ1n) is 6.70. The Morgan fingerprint density at radius 3 is 2.82 bits per heavy atom. The van der Waals surface area contributed by atoms with Crippen molar-refractivity contribution in [3.63, 3.8) is 0 Å². The van der Waals surface area contributed by atoms with Gasteiger partial charge >= 0.3 is 0 Å². The Balaban J connectivity index is 2.15. The molecule has 1 aliphatic heterocycles. The summed E-state index contributed by atoms with van der Waals surface area (Å²) in [5.74, 6) is -2.47. The van der Waals surface area contributed by atoms with Crippen LogP contribution in [0, 0.1) is 0 Å². The largest absolute Gasteiger partial charge is 0.393 e. The van der Waals surface area contributed by atoms with Crippen molar-refractivity contribution >= 4 is 11.5 Å². The molecule has 4 atom stereocenters. The van der Waals surface area contributed by atoms with E-state index < -0.39 is 30.3 Å². The Labute approximate surface area is 124 Å². The number of hydrogen-bond acceptors (Lipinski definition) is 8. The molecule has 5 N–H and O–H groups in total. The molecule has 0 aliphatic carbocycles. The van der Waals surface area contributed by atoms with Gasteiger partial charge in [0.15, 0.2) is 17.6 Å². The van der Waals surface area contributed by atoms with E-state index in [-0.39, 0.29) is 23.6 Å². The summed E-state index contributed by atoms with van der Waals surface area (Å²) in [4.78, 5) is 7.67. The van der Waals surface area contributed by atoms with E-state index in [1.807, 2.05) is 0 Å². The Kier molecular flexibility index (Phi) is 3.29. The number of aliphatic hydroxyl groups is 3. The van der Waals surface area contributed by atoms with Crippen molar-refractivity contribution in [3.05, 3.63) is 18.2 Å². The summed E-state index contributed by atoms with van der Waals surface area (Å²) in [5, 5.41) is 34.0. The number of fused-ring (bicyclic) bond motifs is 1. The number of alkyl halides is 1. The molecule has 1 saturated heterocycles. The summed E-state index contributed by atoms with van der Waals surface area (Å²) in [6.45, 7) is 0.952. The lowest BCUT2D eigenvalue weighted by molar-refractivity contribution is -0.259. The molecule has 0 amide bonds. The molecule has 3 rings (SSSR count). The van der Waals surface area contributed by atoms with Gasteiger partial charge in [0.1, 0.15) is 23.7 Å². The first kappa shape index (κ1) is 15.0. The smallest absolute Gasteiger partial charge is 0.247 e. The zero-order valence-electron chi connectivity index (χ0n) is 11.7. The molecule has 10 heteroatoms. The van der Waals surface area contributed by atoms with Gasteiger partial charge < -0.3 is 25.8 Å². The van der Waals surface area contributed by atoms with Gasteiger partial charge in [-0.1, -0.05) is 6.92 Å². The Bertz CT molecular complexity index is 706. The topological polar surface area (TPSA) is 139 Å². The van der Waals surface area contributed by atoms with Crippen molar-refractivity contribution in [2.24, 2.45) is 0 Å². The third-order valence-corrected chi connectivity index (χ3v) is 4.11. The fraction of sp³-hybridized carbons (Fsp3) is 0.583. The second-order valence-electron chi connectivity index (χ2n) is 5.25. The fourth-order valence-electron chi connectivity index (χ4n) is 2.70. The minimum absolute atomic E-state index is 0.0442. The molecule has 1 aliphatic rings. The number of rotatable bonds is 3. The normalized spacial score (nSPS) is 35.3. The van der Waals surface area contributed by atoms with Crippen LogP contribution in [0.3, 0.4) is 0 Å². The molecule has 1 fully saturated rings. The minimum atomic E-state index is -2.52. The van der Waals surface area contributed by atoms with E-state index in [1.54, 1.807) is 6.92 Å². The third kappa shape index (κ3) is 1.75. The van der Waals surface area contributed by atoms with Crippen molar-refractivity contribution in [1.82, 2.24) is 19.6 Å². The van der Waals surface area contributed by atoms with Crippen LogP contribution in [0.1, 0.15) is 19.0 Å². The molecule has 0 radical (unpaired) electrons. The number of aromatic nitrogens is 4. The van der Waals surface area contributed by atoms with E-state index in [1.165, 1.54) is 0 Å². The molecule has 0 bridgehead atoms. The Morgan fingerprint density at radius 2 is 2.23 bits per heavy atom. The van der Waals surface area contributed by atoms with E-state index in [0.29, 0.717) is 0 Å². The third-order valence-electron chi connectivity index (χ3n) is 4.11. The van der Waals surface area contributed by atoms with E-state index in [9.17, 15) is 19.7 Å². The highest BCUT2D eigenvalue weighted by Crippen LogP contribution is 2.46. The highest BCUT2D eigenvalue weighted by molar-refractivity contribution is 5.59. The van der Waals surface area contributed by atoms with Crippen LogP contribution in [-0.2, 0) is 10.5 Å². The van der Waals surface area contributed by atoms with Gasteiger partial charge in [0.05, 0.1) is 12.8 Å². The molecule has 0 unspecified atom stereocenters. The molecule has 3 heterocycles. The van der Waals surface area contributed by atoms with Crippen LogP contribution in [0.25, 0.3) is 5.65 Å². The van der Waals surface area contributed by atoms with Gasteiger partial charge in [0.2, 0.25) is 5.79 Å². The van der Waals surface area contributed by atoms with Gasteiger partial charge in [-0.2, -0.15) is 5.10 Å². The maximum Gasteiger partial charge on any atom is 0.247 e. The lowest BCUT2D eigenvalue weighted by Gasteiger charge is -2.29. The number of halogens is 1. The number of hydrogen-bond donors (Lipinski definition) is 4. The van der Waals surface area contributed by atoms with E-state index >= 15 is 0 Å². The van der Waals surface area contributed by atoms with Crippen molar-refractivity contribution in [1.29, 1.82) is 0 Å². The lowest BCUT2D eigenvalue weighted by Crippen LogP contribution is -2.44. The molecular formula is C12H16FN5O4. The highest BCUT2D eigenvalue weighted by Gasteiger charge is 2.64. The second-order valence-corrected chi connectivity index (χ2v) is 5.25. The monoisotopic (exact) mass is 313 g/mol. The number of nitrogens with zero attached hydrogens (tertiary/aromatic N) is 4. The van der Waals surface area contributed by atoms with Crippen LogP contribution in [0.4, 0.5) is 10.2 Å². The van der Waals surface area contributed by atoms with E-state index in [4.69, 9.17) is 10.5 Å². The van der Waals surface area contributed by atoms with E-state index in [2.05, 4.69) is 15.1 Å². The van der Waals surface area contributed by atoms with Crippen LogP contribution in [0.2, 0.25) is 0 Å². The predicted octanol–water partition coefficient (Wildman–Crippen LogP) is -1.28. The summed E-state index contributed by atoms with van der Waals surface area (Å²) in [6.07, 6.45) is -1.55. The van der Waals surface area contributed by atoms with Crippen molar-refractivity contribution in [3.8, 4) is 0 Å². The minimum Gasteiger partial charge on any atom is -0.393 e. The number of anilines is 1. The van der Waals surface area contributed by atoms with Crippen molar-refractivity contribution in [2.45, 2.75) is 37.0 Å². The lowest BCUT2D eigenvalue weighted by atomic mass is 9.92. The van der Waals surface area contributed by atoms with Gasteiger partial charge in [-0.3, -0.25) is 0 Å². The molecule has 2 aromatic heterocycles. The van der Waals surface area contributed by atoms with Gasteiger partial charge in [-0.05, 0) is 6.42 Å². The number of nitrogens with two attached hydrogens (primary N) is 1. The average Bonchev–Trinajstić information content (AvgIpc) is 3.04. The fourth-order valence-corrected chi connectivity index (χ4v) is 2.70. The number of imidazole rings is 1. The van der Waals surface area contributed by atoms with E-state index in [0.717, 1.165) is 17.0 Å². The van der Waals surface area contributed by atoms with Gasteiger partial charge in [0.25, 0.3) is 0 Å². The van der Waals surface area contributed by atoms with Crippen molar-refractivity contribution < 1.29 is 24.4 Å². The summed E-state index contributed by atoms with van der Waals surface area (Å²) < 4.78 is 21.0. The van der Waals surface area contributed by atoms with Crippen LogP contribution in [0.15, 0.2) is 12.5 Å². The number of ether oxygens (including phenoxy) is 1. The molecular weight excluding hydrogens is 297 g/mol. The second kappa shape index (κ2) is 4.81. The SMILES string of the molecule is CC[C@]1(CO)O[C@@](O)(c2cnc3c(N)ncnn23)[C@H](F)[C@@H]1O.